The number of amides is 2. The number of aliphatic imine (C=N–C) groups is 1. The molecule has 132 valence electrons. The number of benzene rings is 1. The third-order valence-electron chi connectivity index (χ3n) is 3.56. The van der Waals surface area contributed by atoms with Crippen molar-refractivity contribution in [3.8, 4) is 0 Å². The van der Waals surface area contributed by atoms with Crippen LogP contribution in [0.15, 0.2) is 29.3 Å². The van der Waals surface area contributed by atoms with Crippen LogP contribution in [0.4, 0.5) is 4.79 Å². The third-order valence-corrected chi connectivity index (χ3v) is 3.56. The summed E-state index contributed by atoms with van der Waals surface area (Å²) < 4.78 is 0. The molecule has 1 aliphatic heterocycles. The molecular weight excluding hydrogens is 330 g/mol. The molecule has 2 heterocycles. The lowest BCUT2D eigenvalue weighted by Gasteiger charge is -2.25. The van der Waals surface area contributed by atoms with Crippen LogP contribution in [0.5, 0.6) is 0 Å². The van der Waals surface area contributed by atoms with Crippen molar-refractivity contribution in [2.24, 2.45) is 16.5 Å². The predicted octanol–water partition coefficient (Wildman–Crippen LogP) is 0.0750. The summed E-state index contributed by atoms with van der Waals surface area (Å²) in [4.78, 5) is 38.7. The lowest BCUT2D eigenvalue weighted by molar-refractivity contribution is -0.159. The number of H-pyrrole nitrogens is 1. The second kappa shape index (κ2) is 7.34. The van der Waals surface area contributed by atoms with E-state index in [9.17, 15) is 4.79 Å². The van der Waals surface area contributed by atoms with Crippen LogP contribution in [-0.4, -0.2) is 50.6 Å². The number of aliphatic carboxylic acids is 2. The Kier molecular flexibility index (Phi) is 5.22. The van der Waals surface area contributed by atoms with E-state index >= 15 is 0 Å². The summed E-state index contributed by atoms with van der Waals surface area (Å²) in [5.74, 6) is -3.85. The summed E-state index contributed by atoms with van der Waals surface area (Å²) >= 11 is 0. The quantitative estimate of drug-likeness (QED) is 0.254. The van der Waals surface area contributed by atoms with Crippen LogP contribution < -0.4 is 11.5 Å². The first kappa shape index (κ1) is 17.8. The average Bonchev–Trinajstić information content (AvgIpc) is 2.92. The zero-order valence-corrected chi connectivity index (χ0v) is 13.1. The number of para-hydroxylation sites is 1. The number of guanidine groups is 1. The predicted molar refractivity (Wildman–Crippen MR) is 88.9 cm³/mol. The van der Waals surface area contributed by atoms with E-state index in [0.717, 1.165) is 22.9 Å². The number of urea groups is 1. The molecule has 0 spiro atoms. The molecule has 0 radical (unpaired) electrons. The minimum Gasteiger partial charge on any atom is -0.473 e. The fourth-order valence-corrected chi connectivity index (χ4v) is 2.51. The van der Waals surface area contributed by atoms with Crippen molar-refractivity contribution >= 4 is 34.8 Å². The smallest absolute Gasteiger partial charge is 0.414 e. The fourth-order valence-electron chi connectivity index (χ4n) is 2.51. The molecule has 0 saturated carbocycles. The molecule has 1 aromatic heterocycles. The molecule has 10 heteroatoms. The summed E-state index contributed by atoms with van der Waals surface area (Å²) in [6.07, 6.45) is 0.787. The zero-order chi connectivity index (χ0) is 18.6. The van der Waals surface area contributed by atoms with Gasteiger partial charge in [0.25, 0.3) is 0 Å². The van der Waals surface area contributed by atoms with E-state index in [2.05, 4.69) is 16.0 Å². The molecule has 1 aliphatic rings. The van der Waals surface area contributed by atoms with Gasteiger partial charge >= 0.3 is 18.0 Å². The van der Waals surface area contributed by atoms with Gasteiger partial charge in [-0.05, 0) is 6.07 Å². The van der Waals surface area contributed by atoms with Crippen LogP contribution in [0, 0.1) is 0 Å². The molecule has 0 bridgehead atoms. The molecule has 0 saturated heterocycles. The van der Waals surface area contributed by atoms with Gasteiger partial charge in [0.1, 0.15) is 0 Å². The normalized spacial score (nSPS) is 12.6. The Morgan fingerprint density at radius 1 is 1.12 bits per heavy atom. The first-order valence-electron chi connectivity index (χ1n) is 7.22. The molecule has 2 aromatic rings. The zero-order valence-electron chi connectivity index (χ0n) is 13.1. The minimum absolute atomic E-state index is 0.199. The number of carboxylic acid groups (broad SMARTS) is 2. The number of rotatable bonds is 0. The Hall–Kier alpha value is -3.56. The summed E-state index contributed by atoms with van der Waals surface area (Å²) in [6.45, 7) is 1.16. The summed E-state index contributed by atoms with van der Waals surface area (Å²) in [5.41, 5.74) is 13.9. The number of hydrogen-bond donors (Lipinski definition) is 5. The fraction of sp³-hybridized carbons (Fsp3) is 0.200. The van der Waals surface area contributed by atoms with Crippen molar-refractivity contribution < 1.29 is 24.6 Å². The number of carbonyl (C=O) groups excluding carboxylic acids is 1. The number of carboxylic acids is 2. The number of aromatic amines is 1. The topological polar surface area (TPSA) is 175 Å². The van der Waals surface area contributed by atoms with Crippen LogP contribution in [0.25, 0.3) is 10.9 Å². The van der Waals surface area contributed by atoms with Gasteiger partial charge in [0.05, 0.1) is 0 Å². The molecule has 0 atom stereocenters. The Labute approximate surface area is 141 Å². The number of nitrogens with zero attached hydrogens (tertiary/aromatic N) is 2. The number of nitrogens with two attached hydrogens (primary N) is 2. The molecule has 0 fully saturated rings. The first-order valence-corrected chi connectivity index (χ1v) is 7.22. The highest BCUT2D eigenvalue weighted by Gasteiger charge is 2.23. The maximum Gasteiger partial charge on any atom is 0.414 e. The standard InChI is InChI=1S/C13H15N5O.C2H2O4/c14-12(15)17-13(19)18-6-5-11-9(7-18)8-3-1-2-4-10(8)16-11;3-1(4)2(5)6/h1-4,16H,5-7H2,(H4,14,15,17,19);(H,3,4)(H,5,6). The van der Waals surface area contributed by atoms with Gasteiger partial charge in [0.15, 0.2) is 5.96 Å². The van der Waals surface area contributed by atoms with Gasteiger partial charge in [-0.3, -0.25) is 0 Å². The molecule has 1 aromatic carbocycles. The number of fused-ring (bicyclic) bond motifs is 3. The van der Waals surface area contributed by atoms with Gasteiger partial charge < -0.3 is 31.6 Å². The van der Waals surface area contributed by atoms with Gasteiger partial charge in [-0.1, -0.05) is 18.2 Å². The lowest BCUT2D eigenvalue weighted by atomic mass is 10.1. The monoisotopic (exact) mass is 347 g/mol. The highest BCUT2D eigenvalue weighted by atomic mass is 16.4. The molecule has 0 aliphatic carbocycles. The molecule has 0 unspecified atom stereocenters. The molecule has 3 rings (SSSR count). The Bertz CT molecular complexity index is 841. The van der Waals surface area contributed by atoms with Gasteiger partial charge in [0.2, 0.25) is 0 Å². The van der Waals surface area contributed by atoms with Crippen LogP contribution in [0.2, 0.25) is 0 Å². The van der Waals surface area contributed by atoms with E-state index in [1.165, 1.54) is 5.69 Å². The molecule has 25 heavy (non-hydrogen) atoms. The van der Waals surface area contributed by atoms with Crippen LogP contribution >= 0.6 is 0 Å². The van der Waals surface area contributed by atoms with Gasteiger partial charge in [0, 0.05) is 41.7 Å². The van der Waals surface area contributed by atoms with Crippen molar-refractivity contribution in [3.05, 3.63) is 35.5 Å². The average molecular weight is 347 g/mol. The van der Waals surface area contributed by atoms with E-state index in [-0.39, 0.29) is 12.0 Å². The van der Waals surface area contributed by atoms with E-state index in [0.29, 0.717) is 13.1 Å². The maximum atomic E-state index is 11.8. The Morgan fingerprint density at radius 2 is 1.76 bits per heavy atom. The lowest BCUT2D eigenvalue weighted by Crippen LogP contribution is -2.36. The van der Waals surface area contributed by atoms with E-state index in [1.54, 1.807) is 4.90 Å². The number of hydrogen-bond acceptors (Lipinski definition) is 3. The van der Waals surface area contributed by atoms with E-state index in [4.69, 9.17) is 31.3 Å². The van der Waals surface area contributed by atoms with Gasteiger partial charge in [-0.2, -0.15) is 4.99 Å². The van der Waals surface area contributed by atoms with E-state index in [1.807, 2.05) is 18.2 Å². The third kappa shape index (κ3) is 4.25. The number of nitrogens with one attached hydrogen (secondary N) is 1. The van der Waals surface area contributed by atoms with Crippen LogP contribution in [-0.2, 0) is 22.6 Å². The first-order chi connectivity index (χ1) is 11.8. The number of aromatic nitrogens is 1. The van der Waals surface area contributed by atoms with Crippen LogP contribution in [0.1, 0.15) is 11.3 Å². The molecule has 7 N–H and O–H groups in total. The summed E-state index contributed by atoms with van der Waals surface area (Å²) in [7, 11) is 0. The Morgan fingerprint density at radius 3 is 2.36 bits per heavy atom. The minimum atomic E-state index is -1.82. The molecule has 2 amide bonds. The van der Waals surface area contributed by atoms with Crippen molar-refractivity contribution in [1.29, 1.82) is 0 Å². The second-order valence-corrected chi connectivity index (χ2v) is 5.23. The SMILES string of the molecule is NC(N)=NC(=O)N1CCc2[nH]c3ccccc3c2C1.O=C(O)C(=O)O. The maximum absolute atomic E-state index is 11.8. The Balaban J connectivity index is 0.000000326. The second-order valence-electron chi connectivity index (χ2n) is 5.23. The van der Waals surface area contributed by atoms with Crippen LogP contribution in [0.3, 0.4) is 0 Å². The number of carbonyl (C=O) groups is 3. The van der Waals surface area contributed by atoms with Crippen molar-refractivity contribution in [3.63, 3.8) is 0 Å². The molecular formula is C15H17N5O5. The van der Waals surface area contributed by atoms with Gasteiger partial charge in [-0.25, -0.2) is 14.4 Å². The van der Waals surface area contributed by atoms with Crippen molar-refractivity contribution in [1.82, 2.24) is 9.88 Å². The largest absolute Gasteiger partial charge is 0.473 e. The van der Waals surface area contributed by atoms with Crippen molar-refractivity contribution in [2.75, 3.05) is 6.54 Å². The van der Waals surface area contributed by atoms with E-state index < -0.39 is 11.9 Å². The molecule has 10 nitrogen and oxygen atoms in total. The van der Waals surface area contributed by atoms with Crippen molar-refractivity contribution in [2.45, 2.75) is 13.0 Å². The highest BCUT2D eigenvalue weighted by Crippen LogP contribution is 2.27. The van der Waals surface area contributed by atoms with Gasteiger partial charge in [-0.15, -0.1) is 0 Å². The summed E-state index contributed by atoms with van der Waals surface area (Å²) in [5, 5.41) is 15.9. The highest BCUT2D eigenvalue weighted by molar-refractivity contribution is 6.27. The summed E-state index contributed by atoms with van der Waals surface area (Å²) in [6, 6.07) is 7.70.